The van der Waals surface area contributed by atoms with Crippen LogP contribution in [0.2, 0.25) is 0 Å². The van der Waals surface area contributed by atoms with Crippen molar-refractivity contribution in [1.82, 2.24) is 9.13 Å². The number of aromatic nitrogens is 2. The van der Waals surface area contributed by atoms with Crippen molar-refractivity contribution in [3.8, 4) is 55.9 Å². The molecule has 0 unspecified atom stereocenters. The monoisotopic (exact) mass is 792 g/mol. The Balaban J connectivity index is 1.03. The average Bonchev–Trinajstić information content (AvgIpc) is 3.95. The Morgan fingerprint density at radius 1 is 0.306 bits per heavy atom. The number of rotatable bonds is 5. The number of hydrogen-bond donors (Lipinski definition) is 0. The van der Waals surface area contributed by atoms with Crippen LogP contribution >= 0.6 is 0 Å². The van der Waals surface area contributed by atoms with Gasteiger partial charge in [0.05, 0.1) is 22.1 Å². The second kappa shape index (κ2) is 13.8. The summed E-state index contributed by atoms with van der Waals surface area (Å²) in [6.45, 7) is 0. The van der Waals surface area contributed by atoms with Gasteiger partial charge in [-0.2, -0.15) is 0 Å². The maximum Gasteiger partial charge on any atom is 0.0547 e. The lowest BCUT2D eigenvalue weighted by molar-refractivity contribution is 0.353. The van der Waals surface area contributed by atoms with Crippen molar-refractivity contribution in [3.05, 3.63) is 217 Å². The van der Waals surface area contributed by atoms with Crippen LogP contribution in [0.5, 0.6) is 0 Å². The molecule has 2 heterocycles. The smallest absolute Gasteiger partial charge is 0.0547 e. The largest absolute Gasteiger partial charge is 0.309 e. The Bertz CT molecular complexity index is 3540. The first-order valence-electron chi connectivity index (χ1n) is 22.3. The SMILES string of the molecule is c1ccc(-c2cccc(-n3c4ccccc4c4cc5c(cc43)-c3cc(-c4cccc6c4c4ccccc4n6-c4cccc(-c6ccccc6)c4)ccc3C53CCCCC3)c2)cc1. The quantitative estimate of drug-likeness (QED) is 0.164. The van der Waals surface area contributed by atoms with Crippen LogP contribution in [0.25, 0.3) is 99.5 Å². The molecule has 2 aliphatic rings. The Hall–Kier alpha value is -7.42. The summed E-state index contributed by atoms with van der Waals surface area (Å²) in [6, 6.07) is 77.0. The van der Waals surface area contributed by atoms with Gasteiger partial charge in [-0.05, 0) is 129 Å². The summed E-state index contributed by atoms with van der Waals surface area (Å²) in [7, 11) is 0. The average molecular weight is 793 g/mol. The molecule has 0 aliphatic heterocycles. The van der Waals surface area contributed by atoms with Gasteiger partial charge in [0.25, 0.3) is 0 Å². The van der Waals surface area contributed by atoms with Crippen molar-refractivity contribution in [1.29, 1.82) is 0 Å². The van der Waals surface area contributed by atoms with Gasteiger partial charge in [0.15, 0.2) is 0 Å². The van der Waals surface area contributed by atoms with Crippen molar-refractivity contribution < 1.29 is 0 Å². The minimum atomic E-state index is 0.0257. The third-order valence-electron chi connectivity index (χ3n) is 14.3. The van der Waals surface area contributed by atoms with Crippen LogP contribution in [0.1, 0.15) is 43.2 Å². The van der Waals surface area contributed by atoms with E-state index in [1.165, 1.54) is 143 Å². The van der Waals surface area contributed by atoms with Crippen LogP contribution < -0.4 is 0 Å². The number of nitrogens with zero attached hydrogens (tertiary/aromatic N) is 2. The molecule has 1 saturated carbocycles. The predicted molar refractivity (Wildman–Crippen MR) is 261 cm³/mol. The van der Waals surface area contributed by atoms with E-state index in [1.54, 1.807) is 0 Å². The standard InChI is InChI=1S/C60H44N2/c1-4-17-40(18-5-1)42-21-14-23-45(35-42)61-56-29-11-9-26-49(56)59-47(27-16-30-57(59)61)44-31-32-53-50(37-44)51-39-58-52(38-54(51)60(53)33-12-3-13-34-60)48-25-8-10-28-55(48)62(58)46-24-15-22-43(36-46)41-19-6-2-7-20-41/h1-2,4-11,14-32,35-39H,3,12-13,33-34H2. The van der Waals surface area contributed by atoms with E-state index in [1.807, 2.05) is 0 Å². The van der Waals surface area contributed by atoms with E-state index in [9.17, 15) is 0 Å². The minimum Gasteiger partial charge on any atom is -0.309 e. The van der Waals surface area contributed by atoms with Crippen LogP contribution in [0.3, 0.4) is 0 Å². The molecule has 2 heteroatoms. The number of fused-ring (bicyclic) bond motifs is 11. The van der Waals surface area contributed by atoms with Gasteiger partial charge in [0.2, 0.25) is 0 Å². The third kappa shape index (κ3) is 5.23. The first-order chi connectivity index (χ1) is 30.7. The molecule has 0 N–H and O–H groups in total. The minimum absolute atomic E-state index is 0.0257. The predicted octanol–water partition coefficient (Wildman–Crippen LogP) is 16.1. The molecule has 13 rings (SSSR count). The van der Waals surface area contributed by atoms with Gasteiger partial charge in [0, 0.05) is 38.3 Å². The summed E-state index contributed by atoms with van der Waals surface area (Å²) in [6.07, 6.45) is 6.22. The molecule has 2 nitrogen and oxygen atoms in total. The molecule has 1 fully saturated rings. The van der Waals surface area contributed by atoms with E-state index in [0.29, 0.717) is 0 Å². The molecule has 9 aromatic carbocycles. The van der Waals surface area contributed by atoms with Crippen LogP contribution in [0.4, 0.5) is 0 Å². The lowest BCUT2D eigenvalue weighted by Crippen LogP contribution is -2.28. The highest BCUT2D eigenvalue weighted by molar-refractivity contribution is 6.16. The van der Waals surface area contributed by atoms with E-state index >= 15 is 0 Å². The summed E-state index contributed by atoms with van der Waals surface area (Å²) >= 11 is 0. The molecule has 0 atom stereocenters. The van der Waals surface area contributed by atoms with Crippen molar-refractivity contribution in [2.24, 2.45) is 0 Å². The highest BCUT2D eigenvalue weighted by Crippen LogP contribution is 2.58. The van der Waals surface area contributed by atoms with Crippen molar-refractivity contribution >= 4 is 43.6 Å². The summed E-state index contributed by atoms with van der Waals surface area (Å²) in [5, 5.41) is 5.23. The van der Waals surface area contributed by atoms with E-state index in [4.69, 9.17) is 0 Å². The van der Waals surface area contributed by atoms with Gasteiger partial charge in [-0.15, -0.1) is 0 Å². The zero-order valence-corrected chi connectivity index (χ0v) is 34.6. The Kier molecular flexibility index (Phi) is 7.87. The molecule has 2 aromatic heterocycles. The van der Waals surface area contributed by atoms with Crippen LogP contribution in [-0.2, 0) is 5.41 Å². The fourth-order valence-corrected chi connectivity index (χ4v) is 11.6. The van der Waals surface area contributed by atoms with Gasteiger partial charge in [-0.1, -0.05) is 165 Å². The van der Waals surface area contributed by atoms with Crippen molar-refractivity contribution in [3.63, 3.8) is 0 Å². The highest BCUT2D eigenvalue weighted by atomic mass is 15.0. The summed E-state index contributed by atoms with van der Waals surface area (Å²) in [5.41, 5.74) is 20.6. The van der Waals surface area contributed by atoms with Gasteiger partial charge < -0.3 is 9.13 Å². The molecule has 1 spiro atoms. The third-order valence-corrected chi connectivity index (χ3v) is 14.3. The molecule has 0 amide bonds. The van der Waals surface area contributed by atoms with Crippen LogP contribution in [-0.4, -0.2) is 9.13 Å². The first-order valence-corrected chi connectivity index (χ1v) is 22.3. The molecule has 0 radical (unpaired) electrons. The van der Waals surface area contributed by atoms with Crippen LogP contribution in [0.15, 0.2) is 206 Å². The normalized spacial score (nSPS) is 14.3. The fraction of sp³-hybridized carbons (Fsp3) is 0.100. The molecule has 294 valence electrons. The topological polar surface area (TPSA) is 9.86 Å². The summed E-state index contributed by atoms with van der Waals surface area (Å²) in [5.74, 6) is 0. The molecule has 0 bridgehead atoms. The molecule has 0 saturated heterocycles. The Morgan fingerprint density at radius 2 is 0.855 bits per heavy atom. The zero-order valence-electron chi connectivity index (χ0n) is 34.6. The van der Waals surface area contributed by atoms with E-state index in [2.05, 4.69) is 215 Å². The maximum absolute atomic E-state index is 2.60. The fourth-order valence-electron chi connectivity index (χ4n) is 11.6. The second-order valence-electron chi connectivity index (χ2n) is 17.6. The first kappa shape index (κ1) is 35.3. The van der Waals surface area contributed by atoms with Crippen molar-refractivity contribution in [2.75, 3.05) is 0 Å². The molecular weight excluding hydrogens is 749 g/mol. The van der Waals surface area contributed by atoms with Gasteiger partial charge in [0.1, 0.15) is 0 Å². The number of hydrogen-bond acceptors (Lipinski definition) is 0. The van der Waals surface area contributed by atoms with Crippen molar-refractivity contribution in [2.45, 2.75) is 37.5 Å². The van der Waals surface area contributed by atoms with Gasteiger partial charge >= 0.3 is 0 Å². The zero-order chi connectivity index (χ0) is 40.8. The summed E-state index contributed by atoms with van der Waals surface area (Å²) in [4.78, 5) is 0. The van der Waals surface area contributed by atoms with Crippen LogP contribution in [0, 0.1) is 0 Å². The van der Waals surface area contributed by atoms with E-state index in [-0.39, 0.29) is 5.41 Å². The molecular formula is C60H44N2. The number of para-hydroxylation sites is 2. The van der Waals surface area contributed by atoms with E-state index in [0.717, 1.165) is 0 Å². The Morgan fingerprint density at radius 3 is 1.55 bits per heavy atom. The number of benzene rings is 9. The van der Waals surface area contributed by atoms with E-state index < -0.39 is 0 Å². The molecule has 2 aliphatic carbocycles. The Labute approximate surface area is 362 Å². The molecule has 62 heavy (non-hydrogen) atoms. The van der Waals surface area contributed by atoms with Gasteiger partial charge in [-0.3, -0.25) is 0 Å². The lowest BCUT2D eigenvalue weighted by Gasteiger charge is -2.36. The maximum atomic E-state index is 2.60. The highest BCUT2D eigenvalue weighted by Gasteiger charge is 2.44. The van der Waals surface area contributed by atoms with Gasteiger partial charge in [-0.25, -0.2) is 0 Å². The molecule has 11 aromatic rings. The second-order valence-corrected chi connectivity index (χ2v) is 17.6. The summed E-state index contributed by atoms with van der Waals surface area (Å²) < 4.78 is 4.97. The lowest BCUT2D eigenvalue weighted by atomic mass is 9.67.